The SMILES string of the molecule is COc1cc2c(cc1NC(=S)Nc1ccc(OC)c(OC)c1)oc1ccccc12. The highest BCUT2D eigenvalue weighted by molar-refractivity contribution is 7.80. The smallest absolute Gasteiger partial charge is 0.175 e. The number of nitrogens with one attached hydrogen (secondary N) is 2. The summed E-state index contributed by atoms with van der Waals surface area (Å²) in [5.74, 6) is 1.93. The van der Waals surface area contributed by atoms with Crippen LogP contribution in [-0.4, -0.2) is 26.4 Å². The number of hydrogen-bond donors (Lipinski definition) is 2. The van der Waals surface area contributed by atoms with Crippen LogP contribution in [0.15, 0.2) is 59.0 Å². The van der Waals surface area contributed by atoms with Crippen molar-refractivity contribution in [3.8, 4) is 17.2 Å². The highest BCUT2D eigenvalue weighted by Gasteiger charge is 2.13. The molecular formula is C22H20N2O4S. The predicted molar refractivity (Wildman–Crippen MR) is 120 cm³/mol. The number of thiocarbonyl (C=S) groups is 1. The second-order valence-electron chi connectivity index (χ2n) is 6.30. The molecule has 4 aromatic rings. The van der Waals surface area contributed by atoms with E-state index in [4.69, 9.17) is 30.8 Å². The monoisotopic (exact) mass is 408 g/mol. The fraction of sp³-hybridized carbons (Fsp3) is 0.136. The number of rotatable bonds is 5. The van der Waals surface area contributed by atoms with Crippen LogP contribution >= 0.6 is 12.2 Å². The number of fused-ring (bicyclic) bond motifs is 3. The Morgan fingerprint density at radius 1 is 0.759 bits per heavy atom. The molecule has 0 spiro atoms. The summed E-state index contributed by atoms with van der Waals surface area (Å²) in [6.07, 6.45) is 0. The molecule has 0 aliphatic carbocycles. The van der Waals surface area contributed by atoms with Gasteiger partial charge in [0.15, 0.2) is 16.6 Å². The average molecular weight is 408 g/mol. The largest absolute Gasteiger partial charge is 0.495 e. The molecule has 29 heavy (non-hydrogen) atoms. The van der Waals surface area contributed by atoms with Crippen molar-refractivity contribution in [3.05, 3.63) is 54.6 Å². The van der Waals surface area contributed by atoms with Gasteiger partial charge in [0.1, 0.15) is 16.9 Å². The molecule has 0 aliphatic heterocycles. The van der Waals surface area contributed by atoms with Crippen molar-refractivity contribution in [1.29, 1.82) is 0 Å². The number of furan rings is 1. The van der Waals surface area contributed by atoms with Gasteiger partial charge in [0, 0.05) is 28.6 Å². The van der Waals surface area contributed by atoms with Crippen LogP contribution < -0.4 is 24.8 Å². The topological polar surface area (TPSA) is 64.9 Å². The first kappa shape index (κ1) is 18.9. The lowest BCUT2D eigenvalue weighted by Crippen LogP contribution is -2.19. The molecule has 0 bridgehead atoms. The van der Waals surface area contributed by atoms with Crippen LogP contribution in [0, 0.1) is 0 Å². The van der Waals surface area contributed by atoms with Crippen molar-refractivity contribution in [2.75, 3.05) is 32.0 Å². The van der Waals surface area contributed by atoms with Gasteiger partial charge in [0.25, 0.3) is 0 Å². The lowest BCUT2D eigenvalue weighted by molar-refractivity contribution is 0.355. The summed E-state index contributed by atoms with van der Waals surface area (Å²) in [6, 6.07) is 17.2. The molecular weight excluding hydrogens is 388 g/mol. The van der Waals surface area contributed by atoms with E-state index in [9.17, 15) is 0 Å². The van der Waals surface area contributed by atoms with Crippen LogP contribution in [0.4, 0.5) is 11.4 Å². The van der Waals surface area contributed by atoms with Gasteiger partial charge in [0.2, 0.25) is 0 Å². The second-order valence-corrected chi connectivity index (χ2v) is 6.70. The third-order valence-electron chi connectivity index (χ3n) is 4.59. The Balaban J connectivity index is 1.61. The zero-order chi connectivity index (χ0) is 20.4. The molecule has 0 fully saturated rings. The molecule has 3 aromatic carbocycles. The fourth-order valence-corrected chi connectivity index (χ4v) is 3.44. The number of ether oxygens (including phenoxy) is 3. The van der Waals surface area contributed by atoms with E-state index in [-0.39, 0.29) is 0 Å². The van der Waals surface area contributed by atoms with E-state index in [1.54, 1.807) is 21.3 Å². The van der Waals surface area contributed by atoms with E-state index in [0.717, 1.165) is 27.6 Å². The van der Waals surface area contributed by atoms with Crippen molar-refractivity contribution >= 4 is 50.6 Å². The Bertz CT molecular complexity index is 1200. The van der Waals surface area contributed by atoms with Crippen LogP contribution in [-0.2, 0) is 0 Å². The molecule has 1 aromatic heterocycles. The van der Waals surface area contributed by atoms with Crippen molar-refractivity contribution in [3.63, 3.8) is 0 Å². The van der Waals surface area contributed by atoms with E-state index in [0.29, 0.717) is 28.0 Å². The Morgan fingerprint density at radius 3 is 2.28 bits per heavy atom. The number of hydrogen-bond acceptors (Lipinski definition) is 5. The molecule has 1 heterocycles. The van der Waals surface area contributed by atoms with Gasteiger partial charge in [-0.15, -0.1) is 0 Å². The zero-order valence-electron chi connectivity index (χ0n) is 16.2. The zero-order valence-corrected chi connectivity index (χ0v) is 17.1. The summed E-state index contributed by atoms with van der Waals surface area (Å²) in [7, 11) is 4.81. The maximum absolute atomic E-state index is 5.96. The first-order chi connectivity index (χ1) is 14.1. The normalized spacial score (nSPS) is 10.7. The van der Waals surface area contributed by atoms with Gasteiger partial charge in [-0.3, -0.25) is 0 Å². The summed E-state index contributed by atoms with van der Waals surface area (Å²) in [5.41, 5.74) is 3.05. The first-order valence-electron chi connectivity index (χ1n) is 8.92. The van der Waals surface area contributed by atoms with Crippen LogP contribution in [0.25, 0.3) is 21.9 Å². The van der Waals surface area contributed by atoms with Crippen molar-refractivity contribution in [1.82, 2.24) is 0 Å². The molecule has 4 rings (SSSR count). The van der Waals surface area contributed by atoms with E-state index in [1.807, 2.05) is 54.6 Å². The number of anilines is 2. The Morgan fingerprint density at radius 2 is 1.52 bits per heavy atom. The van der Waals surface area contributed by atoms with Gasteiger partial charge in [-0.05, 0) is 36.5 Å². The molecule has 0 saturated carbocycles. The third-order valence-corrected chi connectivity index (χ3v) is 4.79. The van der Waals surface area contributed by atoms with E-state index in [1.165, 1.54) is 0 Å². The fourth-order valence-electron chi connectivity index (χ4n) is 3.22. The molecule has 0 amide bonds. The van der Waals surface area contributed by atoms with Gasteiger partial charge >= 0.3 is 0 Å². The van der Waals surface area contributed by atoms with Gasteiger partial charge in [0.05, 0.1) is 27.0 Å². The van der Waals surface area contributed by atoms with Crippen LogP contribution in [0.5, 0.6) is 17.2 Å². The summed E-state index contributed by atoms with van der Waals surface area (Å²) >= 11 is 5.47. The molecule has 6 nitrogen and oxygen atoms in total. The van der Waals surface area contributed by atoms with Crippen LogP contribution in [0.2, 0.25) is 0 Å². The molecule has 0 atom stereocenters. The van der Waals surface area contributed by atoms with Gasteiger partial charge in [-0.2, -0.15) is 0 Å². The van der Waals surface area contributed by atoms with Gasteiger partial charge < -0.3 is 29.3 Å². The van der Waals surface area contributed by atoms with E-state index in [2.05, 4.69) is 10.6 Å². The van der Waals surface area contributed by atoms with Gasteiger partial charge in [-0.1, -0.05) is 18.2 Å². The minimum atomic E-state index is 0.408. The van der Waals surface area contributed by atoms with Gasteiger partial charge in [-0.25, -0.2) is 0 Å². The second kappa shape index (κ2) is 7.89. The Kier molecular flexibility index (Phi) is 5.14. The van der Waals surface area contributed by atoms with Crippen LogP contribution in [0.3, 0.4) is 0 Å². The lowest BCUT2D eigenvalue weighted by atomic mass is 10.1. The van der Waals surface area contributed by atoms with E-state index < -0.39 is 0 Å². The molecule has 0 aliphatic rings. The summed E-state index contributed by atoms with van der Waals surface area (Å²) in [4.78, 5) is 0. The average Bonchev–Trinajstić information content (AvgIpc) is 3.10. The maximum Gasteiger partial charge on any atom is 0.175 e. The van der Waals surface area contributed by atoms with E-state index >= 15 is 0 Å². The quantitative estimate of drug-likeness (QED) is 0.427. The molecule has 148 valence electrons. The van der Waals surface area contributed by atoms with Crippen LogP contribution in [0.1, 0.15) is 0 Å². The maximum atomic E-state index is 5.96. The number of para-hydroxylation sites is 1. The summed E-state index contributed by atoms with van der Waals surface area (Å²) < 4.78 is 22.1. The Hall–Kier alpha value is -3.45. The van der Waals surface area contributed by atoms with Crippen molar-refractivity contribution in [2.45, 2.75) is 0 Å². The lowest BCUT2D eigenvalue weighted by Gasteiger charge is -2.15. The standard InChI is InChI=1S/C22H20N2O4S/c1-25-18-9-8-13(10-21(18)27-3)23-22(29)24-16-12-19-15(11-20(16)26-2)14-6-4-5-7-17(14)28-19/h4-12H,1-3H3,(H2,23,24,29). The summed E-state index contributed by atoms with van der Waals surface area (Å²) in [5, 5.41) is 8.75. The molecule has 2 N–H and O–H groups in total. The highest BCUT2D eigenvalue weighted by atomic mass is 32.1. The minimum absolute atomic E-state index is 0.408. The minimum Gasteiger partial charge on any atom is -0.495 e. The highest BCUT2D eigenvalue weighted by Crippen LogP contribution is 2.36. The molecule has 0 saturated heterocycles. The number of methoxy groups -OCH3 is 3. The summed E-state index contributed by atoms with van der Waals surface area (Å²) in [6.45, 7) is 0. The molecule has 0 unspecified atom stereocenters. The van der Waals surface area contributed by atoms with Crippen molar-refractivity contribution < 1.29 is 18.6 Å². The first-order valence-corrected chi connectivity index (χ1v) is 9.33. The Labute approximate surface area is 173 Å². The number of benzene rings is 3. The predicted octanol–water partition coefficient (Wildman–Crippen LogP) is 5.42. The van der Waals surface area contributed by atoms with Crippen molar-refractivity contribution in [2.24, 2.45) is 0 Å². The third kappa shape index (κ3) is 3.64. The molecule has 0 radical (unpaired) electrons. The molecule has 7 heteroatoms.